The number of rotatable bonds is 1. The molecule has 0 fully saturated rings. The van der Waals surface area contributed by atoms with Gasteiger partial charge in [0.2, 0.25) is 0 Å². The lowest BCUT2D eigenvalue weighted by molar-refractivity contribution is 0.473. The molecule has 0 amide bonds. The van der Waals surface area contributed by atoms with Gasteiger partial charge in [-0.2, -0.15) is 0 Å². The van der Waals surface area contributed by atoms with Crippen molar-refractivity contribution >= 4 is 10.8 Å². The molecule has 1 atom stereocenters. The Morgan fingerprint density at radius 1 is 0.917 bits per heavy atom. The topological polar surface area (TPSA) is 0 Å². The maximum atomic E-state index is 15.0. The number of aryl methyl sites for hydroxylation is 1. The van der Waals surface area contributed by atoms with Gasteiger partial charge in [0.25, 0.3) is 0 Å². The summed E-state index contributed by atoms with van der Waals surface area (Å²) in [7, 11) is 0. The number of hydrogen-bond acceptors (Lipinski definition) is 0. The van der Waals surface area contributed by atoms with Crippen LogP contribution in [0.3, 0.4) is 0 Å². The van der Waals surface area contributed by atoms with Crippen LogP contribution >= 0.6 is 0 Å². The van der Waals surface area contributed by atoms with Gasteiger partial charge >= 0.3 is 0 Å². The molecule has 0 aromatic heterocycles. The van der Waals surface area contributed by atoms with Crippen LogP contribution in [0.5, 0.6) is 0 Å². The molecule has 0 N–H and O–H groups in total. The average Bonchev–Trinajstić information content (AvgIpc) is 2.58. The van der Waals surface area contributed by atoms with Crippen molar-refractivity contribution < 1.29 is 13.2 Å². The highest BCUT2D eigenvalue weighted by molar-refractivity contribution is 5.84. The molecule has 0 aliphatic heterocycles. The highest BCUT2D eigenvalue weighted by Gasteiger charge is 2.26. The molecule has 3 heteroatoms. The third-order valence-corrected chi connectivity index (χ3v) is 5.08. The first kappa shape index (κ1) is 15.3. The number of fused-ring (bicyclic) bond motifs is 2. The first-order chi connectivity index (χ1) is 11.5. The average molecular weight is 326 g/mol. The second-order valence-corrected chi connectivity index (χ2v) is 6.63. The van der Waals surface area contributed by atoms with Crippen molar-refractivity contribution in [3.8, 4) is 0 Å². The van der Waals surface area contributed by atoms with Crippen molar-refractivity contribution in [1.82, 2.24) is 0 Å². The minimum atomic E-state index is -0.806. The molecule has 0 nitrogen and oxygen atoms in total. The zero-order valence-electron chi connectivity index (χ0n) is 13.4. The fourth-order valence-electron chi connectivity index (χ4n) is 3.79. The number of benzene rings is 3. The summed E-state index contributed by atoms with van der Waals surface area (Å²) in [6.45, 7) is 1.98. The highest BCUT2D eigenvalue weighted by atomic mass is 19.2. The molecule has 0 bridgehead atoms. The van der Waals surface area contributed by atoms with E-state index < -0.39 is 11.6 Å². The van der Waals surface area contributed by atoms with Gasteiger partial charge in [-0.15, -0.1) is 0 Å². The molecule has 4 rings (SSSR count). The minimum Gasteiger partial charge on any atom is -0.206 e. The number of hydrogen-bond donors (Lipinski definition) is 0. The predicted molar refractivity (Wildman–Crippen MR) is 89.8 cm³/mol. The summed E-state index contributed by atoms with van der Waals surface area (Å²) in [5.41, 5.74) is 3.00. The zero-order chi connectivity index (χ0) is 16.8. The molecule has 0 spiro atoms. The fraction of sp³-hybridized carbons (Fsp3) is 0.238. The van der Waals surface area contributed by atoms with Crippen molar-refractivity contribution in [1.29, 1.82) is 0 Å². The molecule has 0 saturated heterocycles. The quantitative estimate of drug-likeness (QED) is 0.527. The van der Waals surface area contributed by atoms with Gasteiger partial charge in [-0.1, -0.05) is 42.0 Å². The Hall–Kier alpha value is -2.29. The molecule has 1 aliphatic carbocycles. The van der Waals surface area contributed by atoms with Gasteiger partial charge in [-0.3, -0.25) is 0 Å². The third kappa shape index (κ3) is 2.39. The fourth-order valence-corrected chi connectivity index (χ4v) is 3.79. The van der Waals surface area contributed by atoms with E-state index in [1.165, 1.54) is 0 Å². The van der Waals surface area contributed by atoms with Gasteiger partial charge in [-0.05, 0) is 60.2 Å². The molecule has 1 unspecified atom stereocenters. The van der Waals surface area contributed by atoms with E-state index in [0.717, 1.165) is 22.6 Å². The summed E-state index contributed by atoms with van der Waals surface area (Å²) < 4.78 is 42.2. The molecule has 3 aromatic carbocycles. The van der Waals surface area contributed by atoms with E-state index in [-0.39, 0.29) is 11.7 Å². The first-order valence-electron chi connectivity index (χ1n) is 8.19. The largest absolute Gasteiger partial charge is 0.206 e. The van der Waals surface area contributed by atoms with Crippen LogP contribution in [0.1, 0.15) is 34.6 Å². The monoisotopic (exact) mass is 326 g/mol. The van der Waals surface area contributed by atoms with Crippen LogP contribution in [0.15, 0.2) is 42.5 Å². The Kier molecular flexibility index (Phi) is 3.60. The minimum absolute atomic E-state index is 0.00642. The summed E-state index contributed by atoms with van der Waals surface area (Å²) in [6, 6.07) is 12.3. The Bertz CT molecular complexity index is 943. The second-order valence-electron chi connectivity index (χ2n) is 6.63. The van der Waals surface area contributed by atoms with E-state index in [2.05, 4.69) is 0 Å². The van der Waals surface area contributed by atoms with Gasteiger partial charge in [-0.25, -0.2) is 13.2 Å². The first-order valence-corrected chi connectivity index (χ1v) is 8.19. The lowest BCUT2D eigenvalue weighted by atomic mass is 9.79. The smallest absolute Gasteiger partial charge is 0.162 e. The lowest BCUT2D eigenvalue weighted by Crippen LogP contribution is -2.16. The van der Waals surface area contributed by atoms with E-state index in [1.807, 2.05) is 37.3 Å². The summed E-state index contributed by atoms with van der Waals surface area (Å²) in [5, 5.41) is 1.51. The maximum Gasteiger partial charge on any atom is 0.162 e. The molecular weight excluding hydrogens is 309 g/mol. The van der Waals surface area contributed by atoms with Crippen LogP contribution in [0.4, 0.5) is 13.2 Å². The standard InChI is InChI=1S/C21H17F3/c1-12-2-6-16-13(10-12)3-7-17(20(16)23)14-4-8-18-15(11-14)5-9-19(22)21(18)24/h2-3,5-7,9-10,14H,4,8,11H2,1H3. The van der Waals surface area contributed by atoms with Crippen LogP contribution in [0.2, 0.25) is 0 Å². The Balaban J connectivity index is 1.75. The Labute approximate surface area is 138 Å². The van der Waals surface area contributed by atoms with E-state index in [9.17, 15) is 13.2 Å². The van der Waals surface area contributed by atoms with E-state index in [1.54, 1.807) is 6.07 Å². The molecule has 24 heavy (non-hydrogen) atoms. The van der Waals surface area contributed by atoms with Gasteiger partial charge < -0.3 is 0 Å². The van der Waals surface area contributed by atoms with Crippen LogP contribution in [-0.4, -0.2) is 0 Å². The Morgan fingerprint density at radius 3 is 2.58 bits per heavy atom. The summed E-state index contributed by atoms with van der Waals surface area (Å²) in [4.78, 5) is 0. The maximum absolute atomic E-state index is 15.0. The predicted octanol–water partition coefficient (Wildman–Crippen LogP) is 5.84. The summed E-state index contributed by atoms with van der Waals surface area (Å²) in [6.07, 6.45) is 1.61. The van der Waals surface area contributed by atoms with Crippen molar-refractivity contribution in [3.05, 3.63) is 82.2 Å². The van der Waals surface area contributed by atoms with Gasteiger partial charge in [0.1, 0.15) is 5.82 Å². The molecule has 0 heterocycles. The Morgan fingerprint density at radius 2 is 1.75 bits per heavy atom. The van der Waals surface area contributed by atoms with Gasteiger partial charge in [0.05, 0.1) is 0 Å². The second kappa shape index (κ2) is 5.66. The molecule has 122 valence electrons. The molecular formula is C21H17F3. The number of halogens is 3. The van der Waals surface area contributed by atoms with Crippen LogP contribution in [0, 0.1) is 24.4 Å². The third-order valence-electron chi connectivity index (χ3n) is 5.08. The van der Waals surface area contributed by atoms with Crippen LogP contribution in [0.25, 0.3) is 10.8 Å². The summed E-state index contributed by atoms with van der Waals surface area (Å²) >= 11 is 0. The lowest BCUT2D eigenvalue weighted by Gasteiger charge is -2.26. The SMILES string of the molecule is Cc1ccc2c(F)c(C3CCc4c(ccc(F)c4F)C3)ccc2c1. The van der Waals surface area contributed by atoms with Crippen molar-refractivity contribution in [3.63, 3.8) is 0 Å². The van der Waals surface area contributed by atoms with Crippen molar-refractivity contribution in [2.45, 2.75) is 32.1 Å². The highest BCUT2D eigenvalue weighted by Crippen LogP contribution is 2.37. The van der Waals surface area contributed by atoms with Crippen molar-refractivity contribution in [2.24, 2.45) is 0 Å². The molecule has 3 aromatic rings. The zero-order valence-corrected chi connectivity index (χ0v) is 13.4. The molecule has 0 saturated carbocycles. The molecule has 1 aliphatic rings. The van der Waals surface area contributed by atoms with Crippen molar-refractivity contribution in [2.75, 3.05) is 0 Å². The van der Waals surface area contributed by atoms with E-state index in [0.29, 0.717) is 35.8 Å². The van der Waals surface area contributed by atoms with E-state index in [4.69, 9.17) is 0 Å². The summed E-state index contributed by atoms with van der Waals surface area (Å²) in [5.74, 6) is -1.75. The van der Waals surface area contributed by atoms with E-state index >= 15 is 0 Å². The normalized spacial score (nSPS) is 17.1. The molecule has 0 radical (unpaired) electrons. The van der Waals surface area contributed by atoms with Crippen LogP contribution in [-0.2, 0) is 12.8 Å². The van der Waals surface area contributed by atoms with Gasteiger partial charge in [0.15, 0.2) is 11.6 Å². The van der Waals surface area contributed by atoms with Gasteiger partial charge in [0, 0.05) is 5.39 Å². The van der Waals surface area contributed by atoms with Crippen LogP contribution < -0.4 is 0 Å².